The van der Waals surface area contributed by atoms with Crippen LogP contribution in [-0.2, 0) is 65.4 Å². The molecule has 0 aromatic heterocycles. The summed E-state index contributed by atoms with van der Waals surface area (Å²) in [5.74, 6) is 0.699. The molecule has 0 aliphatic heterocycles. The van der Waals surface area contributed by atoms with E-state index in [1.807, 2.05) is 0 Å². The van der Waals surface area contributed by atoms with E-state index in [-0.39, 0.29) is 25.7 Å². The average molecular weight is 1190 g/mol. The van der Waals surface area contributed by atoms with Gasteiger partial charge in [-0.3, -0.25) is 37.3 Å². The summed E-state index contributed by atoms with van der Waals surface area (Å²) in [5.41, 5.74) is 0. The molecular formula is C61H118O17P2. The van der Waals surface area contributed by atoms with Gasteiger partial charge in [0.2, 0.25) is 0 Å². The Morgan fingerprint density at radius 3 is 0.887 bits per heavy atom. The second-order valence-corrected chi connectivity index (χ2v) is 26.4. The van der Waals surface area contributed by atoms with Gasteiger partial charge in [-0.25, -0.2) is 9.13 Å². The molecule has 0 amide bonds. The fourth-order valence-electron chi connectivity index (χ4n) is 8.83. The van der Waals surface area contributed by atoms with Crippen molar-refractivity contribution in [2.24, 2.45) is 23.7 Å². The number of phosphoric ester groups is 2. The van der Waals surface area contributed by atoms with E-state index in [2.05, 4.69) is 55.4 Å². The SMILES string of the molecule is CCC(C)CCCCCCCCCCC(=O)O[C@H](COC(=O)CCCCCCCCC(C)C)COP(=O)(O)OC[C@@H](O)COP(=O)(O)OC[C@@H](COC(=O)CCCCCCCCC(C)CC)OC(=O)CCCCCCCCC(C)C. The molecule has 0 saturated carbocycles. The fraction of sp³-hybridized carbons (Fsp3) is 0.934. The molecule has 474 valence electrons. The molecule has 3 N–H and O–H groups in total. The van der Waals surface area contributed by atoms with Crippen molar-refractivity contribution in [3.05, 3.63) is 0 Å². The van der Waals surface area contributed by atoms with Gasteiger partial charge in [-0.05, 0) is 49.4 Å². The maximum absolute atomic E-state index is 12.9. The highest BCUT2D eigenvalue weighted by Crippen LogP contribution is 2.45. The average Bonchev–Trinajstić information content (AvgIpc) is 3.41. The van der Waals surface area contributed by atoms with E-state index in [0.717, 1.165) is 115 Å². The number of hydrogen-bond donors (Lipinski definition) is 3. The third-order valence-corrected chi connectivity index (χ3v) is 16.4. The predicted molar refractivity (Wildman–Crippen MR) is 317 cm³/mol. The molecule has 0 fully saturated rings. The van der Waals surface area contributed by atoms with E-state index >= 15 is 0 Å². The van der Waals surface area contributed by atoms with Crippen LogP contribution in [-0.4, -0.2) is 96.7 Å². The summed E-state index contributed by atoms with van der Waals surface area (Å²) in [6.07, 6.45) is 29.7. The van der Waals surface area contributed by atoms with E-state index in [1.165, 1.54) is 77.0 Å². The maximum Gasteiger partial charge on any atom is 0.472 e. The zero-order chi connectivity index (χ0) is 59.7. The zero-order valence-corrected chi connectivity index (χ0v) is 53.5. The lowest BCUT2D eigenvalue weighted by Crippen LogP contribution is -2.30. The lowest BCUT2D eigenvalue weighted by molar-refractivity contribution is -0.161. The van der Waals surface area contributed by atoms with Gasteiger partial charge in [0.15, 0.2) is 12.2 Å². The molecule has 0 rings (SSSR count). The zero-order valence-electron chi connectivity index (χ0n) is 51.7. The third-order valence-electron chi connectivity index (χ3n) is 14.5. The Hall–Kier alpha value is -1.94. The van der Waals surface area contributed by atoms with Gasteiger partial charge in [0.25, 0.3) is 0 Å². The van der Waals surface area contributed by atoms with E-state index in [9.17, 15) is 43.2 Å². The minimum absolute atomic E-state index is 0.100. The first-order valence-electron chi connectivity index (χ1n) is 31.8. The fourth-order valence-corrected chi connectivity index (χ4v) is 10.4. The van der Waals surface area contributed by atoms with Crippen molar-refractivity contribution in [1.82, 2.24) is 0 Å². The van der Waals surface area contributed by atoms with E-state index in [0.29, 0.717) is 37.5 Å². The van der Waals surface area contributed by atoms with E-state index in [1.54, 1.807) is 0 Å². The molecule has 80 heavy (non-hydrogen) atoms. The van der Waals surface area contributed by atoms with Crippen LogP contribution in [0.5, 0.6) is 0 Å². The van der Waals surface area contributed by atoms with Crippen LogP contribution in [0, 0.1) is 23.7 Å². The van der Waals surface area contributed by atoms with Gasteiger partial charge in [-0.15, -0.1) is 0 Å². The van der Waals surface area contributed by atoms with Crippen LogP contribution < -0.4 is 0 Å². The molecule has 0 aromatic carbocycles. The molecule has 0 bridgehead atoms. The number of esters is 4. The van der Waals surface area contributed by atoms with E-state index < -0.39 is 97.5 Å². The molecule has 0 saturated heterocycles. The highest BCUT2D eigenvalue weighted by molar-refractivity contribution is 7.47. The topological polar surface area (TPSA) is 237 Å². The largest absolute Gasteiger partial charge is 0.472 e. The van der Waals surface area contributed by atoms with Crippen molar-refractivity contribution in [3.8, 4) is 0 Å². The van der Waals surface area contributed by atoms with Crippen molar-refractivity contribution in [3.63, 3.8) is 0 Å². The molecule has 0 aromatic rings. The first-order chi connectivity index (χ1) is 38.2. The molecule has 19 heteroatoms. The number of unbranched alkanes of at least 4 members (excludes halogenated alkanes) is 22. The van der Waals surface area contributed by atoms with Crippen LogP contribution >= 0.6 is 15.6 Å². The lowest BCUT2D eigenvalue weighted by Gasteiger charge is -2.21. The summed E-state index contributed by atoms with van der Waals surface area (Å²) >= 11 is 0. The second kappa shape index (κ2) is 51.5. The van der Waals surface area contributed by atoms with Crippen LogP contribution in [0.15, 0.2) is 0 Å². The Bertz CT molecular complexity index is 1610. The lowest BCUT2D eigenvalue weighted by atomic mass is 9.99. The number of hydrogen-bond acceptors (Lipinski definition) is 15. The Balaban J connectivity index is 5.25. The minimum Gasteiger partial charge on any atom is -0.462 e. The highest BCUT2D eigenvalue weighted by Gasteiger charge is 2.30. The van der Waals surface area contributed by atoms with Crippen LogP contribution in [0.25, 0.3) is 0 Å². The van der Waals surface area contributed by atoms with Crippen LogP contribution in [0.3, 0.4) is 0 Å². The maximum atomic E-state index is 12.9. The Labute approximate surface area is 486 Å². The summed E-state index contributed by atoms with van der Waals surface area (Å²) in [7, 11) is -9.88. The Morgan fingerprint density at radius 1 is 0.350 bits per heavy atom. The molecule has 0 radical (unpaired) electrons. The summed E-state index contributed by atoms with van der Waals surface area (Å²) in [6.45, 7) is 13.8. The van der Waals surface area contributed by atoms with Crippen LogP contribution in [0.4, 0.5) is 0 Å². The van der Waals surface area contributed by atoms with Crippen LogP contribution in [0.1, 0.15) is 287 Å². The smallest absolute Gasteiger partial charge is 0.462 e. The summed E-state index contributed by atoms with van der Waals surface area (Å²) in [4.78, 5) is 72.0. The van der Waals surface area contributed by atoms with Crippen molar-refractivity contribution >= 4 is 39.5 Å². The number of carbonyl (C=O) groups is 4. The Morgan fingerprint density at radius 2 is 0.600 bits per heavy atom. The number of phosphoric acid groups is 2. The van der Waals surface area contributed by atoms with Crippen molar-refractivity contribution < 1.29 is 80.2 Å². The van der Waals surface area contributed by atoms with Crippen LogP contribution in [0.2, 0.25) is 0 Å². The third kappa shape index (κ3) is 52.8. The van der Waals surface area contributed by atoms with Crippen molar-refractivity contribution in [2.75, 3.05) is 39.6 Å². The molecule has 0 aliphatic rings. The molecule has 7 atom stereocenters. The molecule has 0 heterocycles. The monoisotopic (exact) mass is 1180 g/mol. The number of aliphatic hydroxyl groups excluding tert-OH is 1. The van der Waals surface area contributed by atoms with Crippen molar-refractivity contribution in [1.29, 1.82) is 0 Å². The summed E-state index contributed by atoms with van der Waals surface area (Å²) in [6, 6.07) is 0. The van der Waals surface area contributed by atoms with Gasteiger partial charge in [-0.2, -0.15) is 0 Å². The first-order valence-corrected chi connectivity index (χ1v) is 34.8. The van der Waals surface area contributed by atoms with E-state index in [4.69, 9.17) is 37.0 Å². The second-order valence-electron chi connectivity index (χ2n) is 23.5. The number of aliphatic hydroxyl groups is 1. The normalized spacial score (nSPS) is 15.2. The van der Waals surface area contributed by atoms with Gasteiger partial charge in [0.05, 0.1) is 26.4 Å². The number of ether oxygens (including phenoxy) is 4. The minimum atomic E-state index is -4.94. The molecule has 4 unspecified atom stereocenters. The Kier molecular flexibility index (Phi) is 50.2. The number of carbonyl (C=O) groups excluding carboxylic acids is 4. The molecule has 0 aliphatic carbocycles. The summed E-state index contributed by atoms with van der Waals surface area (Å²) < 4.78 is 67.8. The standard InChI is InChI=1S/C61H118O17P2/c1-9-53(7)39-31-23-13-11-12-14-27-35-43-60(65)77-56(47-71-58(63)41-33-25-18-15-21-29-37-51(3)4)49-75-79(67,68)73-45-55(62)46-74-80(69,70)76-50-57(78-61(66)44-36-28-19-16-22-30-38-52(5)6)48-72-59(64)42-34-26-20-17-24-32-40-54(8)10-2/h51-57,62H,9-50H2,1-8H3,(H,67,68)(H,69,70)/t53?,54?,55-,56-,57-/m1/s1. The van der Waals surface area contributed by atoms with Gasteiger partial charge >= 0.3 is 39.5 Å². The first kappa shape index (κ1) is 78.1. The van der Waals surface area contributed by atoms with Crippen molar-refractivity contribution in [2.45, 2.75) is 305 Å². The molecular weight excluding hydrogens is 1070 g/mol. The van der Waals surface area contributed by atoms with Gasteiger partial charge < -0.3 is 33.8 Å². The highest BCUT2D eigenvalue weighted by atomic mass is 31.2. The predicted octanol–water partition coefficient (Wildman–Crippen LogP) is 16.2. The van der Waals surface area contributed by atoms with Gasteiger partial charge in [-0.1, -0.05) is 235 Å². The quantitative estimate of drug-likeness (QED) is 0.0222. The van der Waals surface area contributed by atoms with Gasteiger partial charge in [0.1, 0.15) is 19.3 Å². The summed E-state index contributed by atoms with van der Waals surface area (Å²) in [5, 5.41) is 10.5. The molecule has 0 spiro atoms. The molecule has 17 nitrogen and oxygen atoms in total. The van der Waals surface area contributed by atoms with Gasteiger partial charge in [0, 0.05) is 25.7 Å². The number of rotatable bonds is 58.